The van der Waals surface area contributed by atoms with Crippen LogP contribution in [0, 0.1) is 13.8 Å². The van der Waals surface area contributed by atoms with Crippen molar-refractivity contribution in [3.8, 4) is 0 Å². The number of carbonyl (C=O) groups is 1. The fourth-order valence-electron chi connectivity index (χ4n) is 2.79. The van der Waals surface area contributed by atoms with Crippen molar-refractivity contribution < 1.29 is 9.53 Å². The van der Waals surface area contributed by atoms with Crippen LogP contribution in [0.2, 0.25) is 0 Å². The number of hydrogen-bond acceptors (Lipinski definition) is 3. The summed E-state index contributed by atoms with van der Waals surface area (Å²) in [5, 5.41) is 0. The molecule has 0 aliphatic carbocycles. The molecule has 128 valence electrons. The minimum Gasteiger partial charge on any atom is -0.453 e. The molecule has 0 aliphatic heterocycles. The number of esters is 1. The molecule has 24 heavy (non-hydrogen) atoms. The molecule has 3 nitrogen and oxygen atoms in total. The lowest BCUT2D eigenvalue weighted by Crippen LogP contribution is -2.17. The first-order valence-corrected chi connectivity index (χ1v) is 8.44. The second kappa shape index (κ2) is 8.65. The summed E-state index contributed by atoms with van der Waals surface area (Å²) in [7, 11) is 4.02. The maximum absolute atomic E-state index is 12.4. The van der Waals surface area contributed by atoms with Crippen molar-refractivity contribution >= 4 is 5.97 Å². The first-order valence-electron chi connectivity index (χ1n) is 8.44. The smallest absolute Gasteiger partial charge is 0.306 e. The van der Waals surface area contributed by atoms with Crippen LogP contribution in [0.1, 0.15) is 41.2 Å². The van der Waals surface area contributed by atoms with E-state index in [1.54, 1.807) is 0 Å². The fourth-order valence-corrected chi connectivity index (χ4v) is 2.79. The highest BCUT2D eigenvalue weighted by atomic mass is 16.5. The topological polar surface area (TPSA) is 29.5 Å². The van der Waals surface area contributed by atoms with E-state index < -0.39 is 0 Å². The fraction of sp³-hybridized carbons (Fsp3) is 0.381. The van der Waals surface area contributed by atoms with Crippen molar-refractivity contribution in [1.29, 1.82) is 0 Å². The van der Waals surface area contributed by atoms with Gasteiger partial charge in [0.2, 0.25) is 0 Å². The van der Waals surface area contributed by atoms with Crippen molar-refractivity contribution in [3.63, 3.8) is 0 Å². The standard InChI is InChI=1S/C21H27NO2/c1-16-10-5-7-12-18(16)21(19-13-8-6-11-17(19)2)24-20(23)14-9-15-22(3)4/h5-8,10-13,21H,9,14-15H2,1-4H3. The Hall–Kier alpha value is -2.13. The van der Waals surface area contributed by atoms with Crippen LogP contribution in [-0.2, 0) is 9.53 Å². The lowest BCUT2D eigenvalue weighted by atomic mass is 9.94. The van der Waals surface area contributed by atoms with Gasteiger partial charge in [0.05, 0.1) is 0 Å². The summed E-state index contributed by atoms with van der Waals surface area (Å²) in [6.07, 6.45) is 0.895. The average molecular weight is 325 g/mol. The molecule has 0 saturated carbocycles. The second-order valence-electron chi connectivity index (χ2n) is 6.49. The number of aryl methyl sites for hydroxylation is 2. The average Bonchev–Trinajstić information content (AvgIpc) is 2.54. The lowest BCUT2D eigenvalue weighted by molar-refractivity contribution is -0.147. The molecule has 0 amide bonds. The van der Waals surface area contributed by atoms with E-state index in [0.717, 1.165) is 35.2 Å². The van der Waals surface area contributed by atoms with Crippen LogP contribution >= 0.6 is 0 Å². The lowest BCUT2D eigenvalue weighted by Gasteiger charge is -2.22. The summed E-state index contributed by atoms with van der Waals surface area (Å²) in [5.74, 6) is -0.145. The number of carbonyl (C=O) groups excluding carboxylic acids is 1. The summed E-state index contributed by atoms with van der Waals surface area (Å²) in [6.45, 7) is 5.00. The van der Waals surface area contributed by atoms with E-state index in [0.29, 0.717) is 6.42 Å². The first kappa shape index (κ1) is 18.2. The van der Waals surface area contributed by atoms with Gasteiger partial charge in [-0.1, -0.05) is 48.5 Å². The van der Waals surface area contributed by atoms with Crippen LogP contribution in [0.15, 0.2) is 48.5 Å². The Kier molecular flexibility index (Phi) is 6.56. The second-order valence-corrected chi connectivity index (χ2v) is 6.49. The SMILES string of the molecule is Cc1ccccc1C(OC(=O)CCCN(C)C)c1ccccc1C. The van der Waals surface area contributed by atoms with Gasteiger partial charge >= 0.3 is 5.97 Å². The molecule has 0 unspecified atom stereocenters. The Bertz CT molecular complexity index is 634. The van der Waals surface area contributed by atoms with Gasteiger partial charge in [-0.25, -0.2) is 0 Å². The van der Waals surface area contributed by atoms with Crippen LogP contribution in [0.3, 0.4) is 0 Å². The predicted molar refractivity (Wildman–Crippen MR) is 98.1 cm³/mol. The highest BCUT2D eigenvalue weighted by Crippen LogP contribution is 2.31. The molecule has 2 aromatic rings. The quantitative estimate of drug-likeness (QED) is 0.712. The normalized spacial score (nSPS) is 11.1. The third kappa shape index (κ3) is 4.93. The number of benzene rings is 2. The maximum Gasteiger partial charge on any atom is 0.306 e. The summed E-state index contributed by atoms with van der Waals surface area (Å²) in [6, 6.07) is 16.2. The molecule has 0 heterocycles. The van der Waals surface area contributed by atoms with Crippen LogP contribution in [0.25, 0.3) is 0 Å². The van der Waals surface area contributed by atoms with Gasteiger partial charge in [-0.2, -0.15) is 0 Å². The highest BCUT2D eigenvalue weighted by Gasteiger charge is 2.21. The van der Waals surface area contributed by atoms with Gasteiger partial charge in [0.15, 0.2) is 6.10 Å². The Balaban J connectivity index is 2.23. The monoisotopic (exact) mass is 325 g/mol. The summed E-state index contributed by atoms with van der Waals surface area (Å²) >= 11 is 0. The van der Waals surface area contributed by atoms with Crippen molar-refractivity contribution in [2.45, 2.75) is 32.8 Å². The van der Waals surface area contributed by atoms with E-state index in [4.69, 9.17) is 4.74 Å². The van der Waals surface area contributed by atoms with E-state index in [9.17, 15) is 4.79 Å². The molecule has 2 aromatic carbocycles. The molecule has 2 rings (SSSR count). The molecule has 0 N–H and O–H groups in total. The molecule has 0 fully saturated rings. The molecule has 0 bridgehead atoms. The molecule has 0 saturated heterocycles. The molecule has 0 atom stereocenters. The molecule has 0 aromatic heterocycles. The molecule has 3 heteroatoms. The number of ether oxygens (including phenoxy) is 1. The zero-order valence-corrected chi connectivity index (χ0v) is 15.1. The van der Waals surface area contributed by atoms with Gasteiger partial charge in [-0.05, 0) is 63.2 Å². The van der Waals surface area contributed by atoms with Crippen LogP contribution < -0.4 is 0 Å². The zero-order chi connectivity index (χ0) is 17.5. The molecular formula is C21H27NO2. The van der Waals surface area contributed by atoms with Gasteiger partial charge in [-0.3, -0.25) is 4.79 Å². The third-order valence-corrected chi connectivity index (χ3v) is 4.18. The largest absolute Gasteiger partial charge is 0.453 e. The third-order valence-electron chi connectivity index (χ3n) is 4.18. The van der Waals surface area contributed by atoms with Gasteiger partial charge in [0.1, 0.15) is 0 Å². The number of nitrogens with zero attached hydrogens (tertiary/aromatic N) is 1. The van der Waals surface area contributed by atoms with Crippen LogP contribution in [0.5, 0.6) is 0 Å². The van der Waals surface area contributed by atoms with Gasteiger partial charge in [0, 0.05) is 6.42 Å². The summed E-state index contributed by atoms with van der Waals surface area (Å²) in [5.41, 5.74) is 4.36. The van der Waals surface area contributed by atoms with E-state index in [1.165, 1.54) is 0 Å². The highest BCUT2D eigenvalue weighted by molar-refractivity contribution is 5.70. The van der Waals surface area contributed by atoms with Gasteiger partial charge < -0.3 is 9.64 Å². The molecule has 0 spiro atoms. The summed E-state index contributed by atoms with van der Waals surface area (Å²) in [4.78, 5) is 14.4. The summed E-state index contributed by atoms with van der Waals surface area (Å²) < 4.78 is 5.91. The van der Waals surface area contributed by atoms with E-state index in [2.05, 4.69) is 30.9 Å². The van der Waals surface area contributed by atoms with Crippen molar-refractivity contribution in [3.05, 3.63) is 70.8 Å². The Morgan fingerprint density at radius 2 is 1.46 bits per heavy atom. The molecular weight excluding hydrogens is 298 g/mol. The van der Waals surface area contributed by atoms with E-state index >= 15 is 0 Å². The minimum absolute atomic E-state index is 0.145. The van der Waals surface area contributed by atoms with Crippen molar-refractivity contribution in [2.24, 2.45) is 0 Å². The van der Waals surface area contributed by atoms with Gasteiger partial charge in [-0.15, -0.1) is 0 Å². The van der Waals surface area contributed by atoms with Gasteiger partial charge in [0.25, 0.3) is 0 Å². The minimum atomic E-state index is -0.348. The molecule has 0 radical (unpaired) electrons. The Morgan fingerprint density at radius 3 is 1.92 bits per heavy atom. The zero-order valence-electron chi connectivity index (χ0n) is 15.1. The Morgan fingerprint density at radius 1 is 0.958 bits per heavy atom. The predicted octanol–water partition coefficient (Wildman–Crippen LogP) is 4.28. The number of hydrogen-bond donors (Lipinski definition) is 0. The van der Waals surface area contributed by atoms with Crippen molar-refractivity contribution in [2.75, 3.05) is 20.6 Å². The molecule has 0 aliphatic rings. The van der Waals surface area contributed by atoms with Crippen molar-refractivity contribution in [1.82, 2.24) is 4.90 Å². The number of rotatable bonds is 7. The van der Waals surface area contributed by atoms with Crippen LogP contribution in [-0.4, -0.2) is 31.5 Å². The Labute approximate surface area is 145 Å². The van der Waals surface area contributed by atoms with E-state index in [-0.39, 0.29) is 12.1 Å². The maximum atomic E-state index is 12.4. The van der Waals surface area contributed by atoms with Crippen LogP contribution in [0.4, 0.5) is 0 Å². The van der Waals surface area contributed by atoms with E-state index in [1.807, 2.05) is 50.5 Å². The first-order chi connectivity index (χ1) is 11.5.